The molecule has 4 nitrogen and oxygen atoms in total. The monoisotopic (exact) mass is 287 g/mol. The van der Waals surface area contributed by atoms with Gasteiger partial charge < -0.3 is 14.8 Å². The lowest BCUT2D eigenvalue weighted by Crippen LogP contribution is -2.26. The third kappa shape index (κ3) is 4.76. The van der Waals surface area contributed by atoms with E-state index in [9.17, 15) is 4.79 Å². The quantitative estimate of drug-likeness (QED) is 0.819. The van der Waals surface area contributed by atoms with E-state index in [1.165, 1.54) is 0 Å². The number of benzene rings is 1. The minimum absolute atomic E-state index is 0.327. The van der Waals surface area contributed by atoms with Crippen molar-refractivity contribution < 1.29 is 14.3 Å². The van der Waals surface area contributed by atoms with Gasteiger partial charge in [0.25, 0.3) is 0 Å². The average Bonchev–Trinajstić information content (AvgIpc) is 2.89. The minimum Gasteiger partial charge on any atom is -0.478 e. The molecule has 0 aliphatic rings. The Kier molecular flexibility index (Phi) is 5.17. The van der Waals surface area contributed by atoms with Crippen LogP contribution in [-0.2, 0) is 13.0 Å². The lowest BCUT2D eigenvalue weighted by Gasteiger charge is -2.13. The maximum absolute atomic E-state index is 10.9. The summed E-state index contributed by atoms with van der Waals surface area (Å²) in [5.41, 5.74) is 1.31. The van der Waals surface area contributed by atoms with E-state index >= 15 is 0 Å². The highest BCUT2D eigenvalue weighted by Crippen LogP contribution is 2.10. The highest BCUT2D eigenvalue weighted by atomic mass is 16.4. The third-order valence-electron chi connectivity index (χ3n) is 3.45. The van der Waals surface area contributed by atoms with Crippen molar-refractivity contribution in [3.8, 4) is 0 Å². The Morgan fingerprint density at radius 3 is 2.81 bits per heavy atom. The summed E-state index contributed by atoms with van der Waals surface area (Å²) in [7, 11) is 0. The number of nitrogens with one attached hydrogen (secondary N) is 1. The zero-order valence-corrected chi connectivity index (χ0v) is 12.4. The average molecular weight is 287 g/mol. The highest BCUT2D eigenvalue weighted by molar-refractivity contribution is 5.87. The van der Waals surface area contributed by atoms with Gasteiger partial charge in [-0.2, -0.15) is 0 Å². The van der Waals surface area contributed by atoms with Gasteiger partial charge in [-0.05, 0) is 50.1 Å². The molecule has 1 heterocycles. The summed E-state index contributed by atoms with van der Waals surface area (Å²) >= 11 is 0. The lowest BCUT2D eigenvalue weighted by atomic mass is 10.1. The fourth-order valence-corrected chi connectivity index (χ4v) is 2.19. The largest absolute Gasteiger partial charge is 0.478 e. The van der Waals surface area contributed by atoms with Crippen molar-refractivity contribution >= 4 is 5.97 Å². The molecule has 0 spiro atoms. The van der Waals surface area contributed by atoms with Gasteiger partial charge in [0.2, 0.25) is 0 Å². The van der Waals surface area contributed by atoms with Crippen LogP contribution >= 0.6 is 0 Å². The Bertz CT molecular complexity index is 604. The molecular formula is C17H21NO3. The first kappa shape index (κ1) is 15.3. The second kappa shape index (κ2) is 7.09. The molecule has 2 N–H and O–H groups in total. The summed E-state index contributed by atoms with van der Waals surface area (Å²) < 4.78 is 5.55. The zero-order valence-electron chi connectivity index (χ0n) is 12.4. The van der Waals surface area contributed by atoms with Crippen LogP contribution in [0.4, 0.5) is 0 Å². The molecule has 0 bridgehead atoms. The number of carboxylic acid groups (broad SMARTS) is 1. The predicted molar refractivity (Wildman–Crippen MR) is 81.5 cm³/mol. The van der Waals surface area contributed by atoms with Crippen LogP contribution in [0, 0.1) is 6.92 Å². The van der Waals surface area contributed by atoms with Crippen molar-refractivity contribution in [2.24, 2.45) is 0 Å². The van der Waals surface area contributed by atoms with E-state index in [-0.39, 0.29) is 0 Å². The van der Waals surface area contributed by atoms with Gasteiger partial charge in [-0.25, -0.2) is 4.79 Å². The SMILES string of the molecule is Cc1ccc(CCC(C)NCc2cccc(C(=O)O)c2)o1. The van der Waals surface area contributed by atoms with Crippen LogP contribution in [0.25, 0.3) is 0 Å². The number of rotatable bonds is 7. The molecule has 21 heavy (non-hydrogen) atoms. The molecule has 2 rings (SSSR count). The maximum atomic E-state index is 10.9. The van der Waals surface area contributed by atoms with Gasteiger partial charge in [0.15, 0.2) is 0 Å². The first-order chi connectivity index (χ1) is 10.0. The Morgan fingerprint density at radius 1 is 1.33 bits per heavy atom. The molecule has 1 unspecified atom stereocenters. The number of aryl methyl sites for hydroxylation is 2. The number of carbonyl (C=O) groups is 1. The van der Waals surface area contributed by atoms with Crippen molar-refractivity contribution in [3.63, 3.8) is 0 Å². The fraction of sp³-hybridized carbons (Fsp3) is 0.353. The van der Waals surface area contributed by atoms with E-state index in [0.29, 0.717) is 18.2 Å². The van der Waals surface area contributed by atoms with Crippen LogP contribution in [0.15, 0.2) is 40.8 Å². The smallest absolute Gasteiger partial charge is 0.335 e. The topological polar surface area (TPSA) is 62.5 Å². The number of furan rings is 1. The van der Waals surface area contributed by atoms with Crippen LogP contribution in [0.1, 0.15) is 40.8 Å². The normalized spacial score (nSPS) is 12.3. The minimum atomic E-state index is -0.891. The molecule has 0 saturated heterocycles. The second-order valence-electron chi connectivity index (χ2n) is 5.34. The maximum Gasteiger partial charge on any atom is 0.335 e. The summed E-state index contributed by atoms with van der Waals surface area (Å²) in [5.74, 6) is 1.06. The van der Waals surface area contributed by atoms with E-state index in [1.54, 1.807) is 18.2 Å². The first-order valence-corrected chi connectivity index (χ1v) is 7.15. The zero-order chi connectivity index (χ0) is 15.2. The van der Waals surface area contributed by atoms with Crippen molar-refractivity contribution in [2.45, 2.75) is 39.3 Å². The summed E-state index contributed by atoms with van der Waals surface area (Å²) in [5, 5.41) is 12.4. The van der Waals surface area contributed by atoms with Gasteiger partial charge in [-0.15, -0.1) is 0 Å². The summed E-state index contributed by atoms with van der Waals surface area (Å²) in [4.78, 5) is 10.9. The van der Waals surface area contributed by atoms with E-state index in [1.807, 2.05) is 25.1 Å². The number of hydrogen-bond acceptors (Lipinski definition) is 3. The van der Waals surface area contributed by atoms with Crippen molar-refractivity contribution in [1.82, 2.24) is 5.32 Å². The fourth-order valence-electron chi connectivity index (χ4n) is 2.19. The van der Waals surface area contributed by atoms with Crippen LogP contribution < -0.4 is 5.32 Å². The molecule has 0 aliphatic heterocycles. The second-order valence-corrected chi connectivity index (χ2v) is 5.34. The van der Waals surface area contributed by atoms with Crippen LogP contribution in [0.2, 0.25) is 0 Å². The molecular weight excluding hydrogens is 266 g/mol. The van der Waals surface area contributed by atoms with E-state index in [2.05, 4.69) is 12.2 Å². The highest BCUT2D eigenvalue weighted by Gasteiger charge is 2.06. The number of aromatic carboxylic acids is 1. The predicted octanol–water partition coefficient (Wildman–Crippen LogP) is 3.40. The number of hydrogen-bond donors (Lipinski definition) is 2. The summed E-state index contributed by atoms with van der Waals surface area (Å²) in [6, 6.07) is 11.3. The molecule has 2 aromatic rings. The van der Waals surface area contributed by atoms with Gasteiger partial charge >= 0.3 is 5.97 Å². The molecule has 112 valence electrons. The van der Waals surface area contributed by atoms with Crippen LogP contribution in [-0.4, -0.2) is 17.1 Å². The van der Waals surface area contributed by atoms with Crippen LogP contribution in [0.3, 0.4) is 0 Å². The molecule has 1 aromatic heterocycles. The lowest BCUT2D eigenvalue weighted by molar-refractivity contribution is 0.0696. The Hall–Kier alpha value is -2.07. The van der Waals surface area contributed by atoms with Gasteiger partial charge in [-0.1, -0.05) is 12.1 Å². The Morgan fingerprint density at radius 2 is 2.14 bits per heavy atom. The molecule has 4 heteroatoms. The molecule has 0 radical (unpaired) electrons. The molecule has 0 aliphatic carbocycles. The molecule has 1 aromatic carbocycles. The molecule has 0 fully saturated rings. The Balaban J connectivity index is 1.79. The summed E-state index contributed by atoms with van der Waals surface area (Å²) in [6.45, 7) is 4.73. The van der Waals surface area contributed by atoms with E-state index < -0.39 is 5.97 Å². The first-order valence-electron chi connectivity index (χ1n) is 7.15. The third-order valence-corrected chi connectivity index (χ3v) is 3.45. The van der Waals surface area contributed by atoms with E-state index in [4.69, 9.17) is 9.52 Å². The van der Waals surface area contributed by atoms with Gasteiger partial charge in [0.05, 0.1) is 5.56 Å². The Labute approximate surface area is 124 Å². The summed E-state index contributed by atoms with van der Waals surface area (Å²) in [6.07, 6.45) is 1.88. The van der Waals surface area contributed by atoms with Crippen molar-refractivity contribution in [3.05, 3.63) is 59.0 Å². The van der Waals surface area contributed by atoms with Gasteiger partial charge in [0, 0.05) is 19.0 Å². The van der Waals surface area contributed by atoms with E-state index in [0.717, 1.165) is 29.9 Å². The van der Waals surface area contributed by atoms with Gasteiger partial charge in [-0.3, -0.25) is 0 Å². The van der Waals surface area contributed by atoms with Crippen molar-refractivity contribution in [1.29, 1.82) is 0 Å². The standard InChI is InChI=1S/C17H21NO3/c1-12(6-8-16-9-7-13(2)21-16)18-11-14-4-3-5-15(10-14)17(19)20/h3-5,7,9-10,12,18H,6,8,11H2,1-2H3,(H,19,20). The van der Waals surface area contributed by atoms with Gasteiger partial charge in [0.1, 0.15) is 11.5 Å². The molecule has 1 atom stereocenters. The van der Waals surface area contributed by atoms with Crippen LogP contribution in [0.5, 0.6) is 0 Å². The molecule has 0 saturated carbocycles. The number of carboxylic acids is 1. The molecule has 0 amide bonds. The van der Waals surface area contributed by atoms with Crippen molar-refractivity contribution in [2.75, 3.05) is 0 Å².